The first kappa shape index (κ1) is 23.4. The summed E-state index contributed by atoms with van der Waals surface area (Å²) in [5.74, 6) is 1.02. The van der Waals surface area contributed by atoms with Crippen LogP contribution in [0.15, 0.2) is 41.3 Å². The lowest BCUT2D eigenvalue weighted by molar-refractivity contribution is 0.0989. The fourth-order valence-electron chi connectivity index (χ4n) is 4.00. The number of carbonyl (C=O) groups excluding carboxylic acids is 1. The van der Waals surface area contributed by atoms with Crippen LogP contribution in [0.2, 0.25) is 0 Å². The first-order valence-corrected chi connectivity index (χ1v) is 10.9. The van der Waals surface area contributed by atoms with Crippen molar-refractivity contribution in [2.75, 3.05) is 25.7 Å². The van der Waals surface area contributed by atoms with Crippen LogP contribution in [0, 0.1) is 19.8 Å². The average Bonchev–Trinajstić information content (AvgIpc) is 2.77. The molecule has 2 aromatic carbocycles. The van der Waals surface area contributed by atoms with Gasteiger partial charge in [0.1, 0.15) is 0 Å². The van der Waals surface area contributed by atoms with E-state index in [2.05, 4.69) is 0 Å². The molecule has 0 aliphatic heterocycles. The third kappa shape index (κ3) is 4.35. The fraction of sp³-hybridized carbons (Fsp3) is 0.385. The number of rotatable bonds is 7. The molecule has 3 aromatic rings. The molecule has 6 nitrogen and oxygen atoms in total. The summed E-state index contributed by atoms with van der Waals surface area (Å²) in [7, 11) is 3.07. The molecule has 0 saturated heterocycles. The number of fused-ring (bicyclic) bond motifs is 1. The van der Waals surface area contributed by atoms with Gasteiger partial charge in [0.2, 0.25) is 0 Å². The zero-order valence-corrected chi connectivity index (χ0v) is 20.0. The second-order valence-electron chi connectivity index (χ2n) is 8.49. The summed E-state index contributed by atoms with van der Waals surface area (Å²) >= 11 is 0. The van der Waals surface area contributed by atoms with Gasteiger partial charge in [0, 0.05) is 30.4 Å². The van der Waals surface area contributed by atoms with E-state index < -0.39 is 0 Å². The van der Waals surface area contributed by atoms with Gasteiger partial charge < -0.3 is 18.9 Å². The largest absolute Gasteiger partial charge is 0.493 e. The SMILES string of the molecule is CCN(C(=O)c1cn(CC(C)C)c(=O)c2cc(OC)c(OC)cc12)c1cc(C)ccc1C. The Bertz CT molecular complexity index is 1210. The second kappa shape index (κ2) is 9.47. The molecule has 6 heteroatoms. The maximum absolute atomic E-state index is 13.9. The molecule has 0 bridgehead atoms. The molecule has 1 amide bonds. The van der Waals surface area contributed by atoms with Crippen LogP contribution in [0.25, 0.3) is 10.8 Å². The Labute approximate surface area is 189 Å². The zero-order valence-electron chi connectivity index (χ0n) is 20.0. The lowest BCUT2D eigenvalue weighted by Gasteiger charge is -2.25. The van der Waals surface area contributed by atoms with Crippen LogP contribution < -0.4 is 19.9 Å². The Hall–Kier alpha value is -3.28. The number of aromatic nitrogens is 1. The van der Waals surface area contributed by atoms with Crippen LogP contribution in [0.4, 0.5) is 5.69 Å². The van der Waals surface area contributed by atoms with E-state index in [0.29, 0.717) is 40.9 Å². The molecule has 0 radical (unpaired) electrons. The summed E-state index contributed by atoms with van der Waals surface area (Å²) in [5, 5.41) is 0.993. The number of carbonyl (C=O) groups is 1. The van der Waals surface area contributed by atoms with Crippen LogP contribution in [0.3, 0.4) is 0 Å². The van der Waals surface area contributed by atoms with Crippen molar-refractivity contribution in [1.29, 1.82) is 0 Å². The third-order valence-electron chi connectivity index (χ3n) is 5.60. The Morgan fingerprint density at radius 2 is 1.66 bits per heavy atom. The highest BCUT2D eigenvalue weighted by Gasteiger charge is 2.24. The van der Waals surface area contributed by atoms with E-state index >= 15 is 0 Å². The Balaban J connectivity index is 2.31. The number of pyridine rings is 1. The van der Waals surface area contributed by atoms with Gasteiger partial charge in [-0.25, -0.2) is 0 Å². The number of amides is 1. The van der Waals surface area contributed by atoms with Gasteiger partial charge in [-0.15, -0.1) is 0 Å². The van der Waals surface area contributed by atoms with Crippen molar-refractivity contribution in [3.8, 4) is 11.5 Å². The summed E-state index contributed by atoms with van der Waals surface area (Å²) in [6, 6.07) is 9.46. The lowest BCUT2D eigenvalue weighted by atomic mass is 10.0. The molecule has 0 N–H and O–H groups in total. The van der Waals surface area contributed by atoms with Crippen LogP contribution >= 0.6 is 0 Å². The zero-order chi connectivity index (χ0) is 23.6. The van der Waals surface area contributed by atoms with E-state index in [4.69, 9.17) is 9.47 Å². The number of aryl methyl sites for hydroxylation is 2. The minimum Gasteiger partial charge on any atom is -0.493 e. The molecule has 0 unspecified atom stereocenters. The first-order chi connectivity index (χ1) is 15.2. The average molecular weight is 437 g/mol. The van der Waals surface area contributed by atoms with Crippen molar-refractivity contribution in [2.45, 2.75) is 41.2 Å². The summed E-state index contributed by atoms with van der Waals surface area (Å²) < 4.78 is 12.5. The number of methoxy groups -OCH3 is 2. The van der Waals surface area contributed by atoms with Gasteiger partial charge in [-0.2, -0.15) is 0 Å². The van der Waals surface area contributed by atoms with Crippen LogP contribution in [-0.2, 0) is 6.54 Å². The minimum absolute atomic E-state index is 0.152. The number of nitrogens with zero attached hydrogens (tertiary/aromatic N) is 2. The van der Waals surface area contributed by atoms with Crippen LogP contribution in [0.5, 0.6) is 11.5 Å². The maximum Gasteiger partial charge on any atom is 0.260 e. The number of hydrogen-bond acceptors (Lipinski definition) is 4. The van der Waals surface area contributed by atoms with Crippen molar-refractivity contribution < 1.29 is 14.3 Å². The van der Waals surface area contributed by atoms with E-state index in [1.54, 1.807) is 34.9 Å². The van der Waals surface area contributed by atoms with E-state index in [1.807, 2.05) is 52.8 Å². The Morgan fingerprint density at radius 1 is 1.03 bits per heavy atom. The highest BCUT2D eigenvalue weighted by molar-refractivity contribution is 6.14. The molecule has 0 atom stereocenters. The molecule has 3 rings (SSSR count). The standard InChI is InChI=1S/C26H32N2O4/c1-8-28(22-11-17(4)9-10-18(22)5)26(30)21-15-27(14-16(2)3)25(29)20-13-24(32-7)23(31-6)12-19(20)21/h9-13,15-16H,8,14H2,1-7H3. The molecule has 0 spiro atoms. The smallest absolute Gasteiger partial charge is 0.260 e. The molecule has 0 fully saturated rings. The highest BCUT2D eigenvalue weighted by atomic mass is 16.5. The van der Waals surface area contributed by atoms with E-state index in [0.717, 1.165) is 16.8 Å². The normalized spacial score (nSPS) is 11.1. The second-order valence-corrected chi connectivity index (χ2v) is 8.49. The predicted molar refractivity (Wildman–Crippen MR) is 129 cm³/mol. The highest BCUT2D eigenvalue weighted by Crippen LogP contribution is 2.33. The minimum atomic E-state index is -0.157. The van der Waals surface area contributed by atoms with Crippen molar-refractivity contribution in [3.05, 3.63) is 63.6 Å². The molecule has 0 aliphatic rings. The predicted octanol–water partition coefficient (Wildman–Crippen LogP) is 4.96. The number of anilines is 1. The van der Waals surface area contributed by atoms with E-state index in [1.165, 1.54) is 7.11 Å². The quantitative estimate of drug-likeness (QED) is 0.525. The molecular formula is C26H32N2O4. The van der Waals surface area contributed by atoms with Gasteiger partial charge in [-0.05, 0) is 56.0 Å². The molecule has 32 heavy (non-hydrogen) atoms. The first-order valence-electron chi connectivity index (χ1n) is 10.9. The van der Waals surface area contributed by atoms with Gasteiger partial charge in [0.05, 0.1) is 25.2 Å². The monoisotopic (exact) mass is 436 g/mol. The van der Waals surface area contributed by atoms with E-state index in [9.17, 15) is 9.59 Å². The third-order valence-corrected chi connectivity index (χ3v) is 5.60. The molecule has 0 aliphatic carbocycles. The number of ether oxygens (including phenoxy) is 2. The lowest BCUT2D eigenvalue weighted by Crippen LogP contribution is -2.33. The molecule has 170 valence electrons. The molecule has 0 saturated carbocycles. The number of benzene rings is 2. The van der Waals surface area contributed by atoms with Gasteiger partial charge >= 0.3 is 0 Å². The van der Waals surface area contributed by atoms with Crippen molar-refractivity contribution in [1.82, 2.24) is 4.57 Å². The van der Waals surface area contributed by atoms with Gasteiger partial charge in [0.15, 0.2) is 11.5 Å². The van der Waals surface area contributed by atoms with Crippen molar-refractivity contribution in [3.63, 3.8) is 0 Å². The van der Waals surface area contributed by atoms with Gasteiger partial charge in [0.25, 0.3) is 11.5 Å². The van der Waals surface area contributed by atoms with Gasteiger partial charge in [-0.1, -0.05) is 26.0 Å². The Kier molecular flexibility index (Phi) is 6.92. The topological polar surface area (TPSA) is 60.8 Å². The molecule has 1 aromatic heterocycles. The molecular weight excluding hydrogens is 404 g/mol. The van der Waals surface area contributed by atoms with Crippen molar-refractivity contribution in [2.24, 2.45) is 5.92 Å². The van der Waals surface area contributed by atoms with Crippen molar-refractivity contribution >= 4 is 22.4 Å². The summed E-state index contributed by atoms with van der Waals surface area (Å²) in [6.07, 6.45) is 1.69. The summed E-state index contributed by atoms with van der Waals surface area (Å²) in [4.78, 5) is 28.9. The van der Waals surface area contributed by atoms with Gasteiger partial charge in [-0.3, -0.25) is 9.59 Å². The summed E-state index contributed by atoms with van der Waals surface area (Å²) in [5.41, 5.74) is 3.28. The van der Waals surface area contributed by atoms with Crippen LogP contribution in [0.1, 0.15) is 42.3 Å². The number of hydrogen-bond donors (Lipinski definition) is 0. The van der Waals surface area contributed by atoms with E-state index in [-0.39, 0.29) is 17.4 Å². The Morgan fingerprint density at radius 3 is 2.22 bits per heavy atom. The molecule has 1 heterocycles. The summed E-state index contributed by atoms with van der Waals surface area (Å²) in [6.45, 7) is 11.1. The van der Waals surface area contributed by atoms with Crippen LogP contribution in [-0.4, -0.2) is 31.2 Å². The maximum atomic E-state index is 13.9. The fourth-order valence-corrected chi connectivity index (χ4v) is 4.00.